The zero-order valence-corrected chi connectivity index (χ0v) is 17.8. The van der Waals surface area contributed by atoms with Gasteiger partial charge in [-0.05, 0) is 36.8 Å². The summed E-state index contributed by atoms with van der Waals surface area (Å²) < 4.78 is 39.9. The summed E-state index contributed by atoms with van der Waals surface area (Å²) in [7, 11) is -3.55. The van der Waals surface area contributed by atoms with Crippen molar-refractivity contribution >= 4 is 56.4 Å². The average Bonchev–Trinajstić information content (AvgIpc) is 2.67. The van der Waals surface area contributed by atoms with Gasteiger partial charge in [-0.2, -0.15) is 4.98 Å². The Labute approximate surface area is 182 Å². The van der Waals surface area contributed by atoms with Gasteiger partial charge in [-0.1, -0.05) is 23.7 Å². The van der Waals surface area contributed by atoms with Gasteiger partial charge in [0.25, 0.3) is 0 Å². The minimum atomic E-state index is -3.55. The van der Waals surface area contributed by atoms with E-state index in [0.717, 1.165) is 24.5 Å². The monoisotopic (exact) mass is 465 g/mol. The number of benzene rings is 2. The predicted octanol–water partition coefficient (Wildman–Crippen LogP) is 4.13. The molecule has 1 aromatic heterocycles. The number of nitrogens with zero attached hydrogens (tertiary/aromatic N) is 2. The van der Waals surface area contributed by atoms with E-state index in [4.69, 9.17) is 16.7 Å². The van der Waals surface area contributed by atoms with Crippen LogP contribution in [0.3, 0.4) is 0 Å². The second-order valence-electron chi connectivity index (χ2n) is 6.51. The van der Waals surface area contributed by atoms with Gasteiger partial charge in [-0.25, -0.2) is 22.6 Å². The number of sulfonamides is 1. The summed E-state index contributed by atoms with van der Waals surface area (Å²) in [5.74, 6) is -1.85. The topological polar surface area (TPSA) is 133 Å². The Bertz CT molecular complexity index is 1270. The molecule has 12 heteroatoms. The Morgan fingerprint density at radius 2 is 1.90 bits per heavy atom. The van der Waals surface area contributed by atoms with Crippen LogP contribution in [0.2, 0.25) is 5.02 Å². The van der Waals surface area contributed by atoms with Gasteiger partial charge in [0.2, 0.25) is 16.0 Å². The van der Waals surface area contributed by atoms with Crippen LogP contribution in [-0.4, -0.2) is 35.7 Å². The number of aromatic carboxylic acids is 1. The van der Waals surface area contributed by atoms with Gasteiger partial charge in [-0.15, -0.1) is 0 Å². The first kappa shape index (κ1) is 22.2. The van der Waals surface area contributed by atoms with Crippen LogP contribution in [0.4, 0.5) is 33.2 Å². The molecule has 2 aromatic carbocycles. The number of nitrogens with one attached hydrogen (secondary N) is 3. The number of hydrogen-bond acceptors (Lipinski definition) is 7. The SMILES string of the molecule is Cc1cccc(Nc2nc(Nc3cc(C(=O)O)ccc3F)ncc2Cl)c1NS(C)(=O)=O. The van der Waals surface area contributed by atoms with Gasteiger partial charge in [0.1, 0.15) is 10.8 Å². The summed E-state index contributed by atoms with van der Waals surface area (Å²) in [4.78, 5) is 19.3. The zero-order chi connectivity index (χ0) is 22.8. The van der Waals surface area contributed by atoms with Gasteiger partial charge >= 0.3 is 5.97 Å². The standard InChI is InChI=1S/C19H17ClFN5O4S/c1-10-4-3-5-14(16(10)26-31(2,29)30)23-17-12(20)9-22-19(25-17)24-15-8-11(18(27)28)6-7-13(15)21/h3-9,26H,1-2H3,(H,27,28)(H2,22,23,24,25). The quantitative estimate of drug-likeness (QED) is 0.409. The number of halogens is 2. The molecule has 0 unspecified atom stereocenters. The summed E-state index contributed by atoms with van der Waals surface area (Å²) in [6.07, 6.45) is 2.29. The first-order valence-corrected chi connectivity index (χ1v) is 11.0. The number of carboxylic acids is 1. The summed E-state index contributed by atoms with van der Waals surface area (Å²) in [5, 5.41) is 14.8. The highest BCUT2D eigenvalue weighted by molar-refractivity contribution is 7.92. The van der Waals surface area contributed by atoms with E-state index in [9.17, 15) is 17.6 Å². The first-order chi connectivity index (χ1) is 14.5. The number of carboxylic acid groups (broad SMARTS) is 1. The van der Waals surface area contributed by atoms with E-state index in [2.05, 4.69) is 25.3 Å². The second kappa shape index (κ2) is 8.74. The van der Waals surface area contributed by atoms with Crippen LogP contribution < -0.4 is 15.4 Å². The number of para-hydroxylation sites is 1. The maximum atomic E-state index is 14.1. The van der Waals surface area contributed by atoms with Crippen molar-refractivity contribution < 1.29 is 22.7 Å². The lowest BCUT2D eigenvalue weighted by atomic mass is 10.2. The molecule has 0 saturated heterocycles. The summed E-state index contributed by atoms with van der Waals surface area (Å²) in [5.41, 5.74) is 1.10. The van der Waals surface area contributed by atoms with Crippen LogP contribution in [0.1, 0.15) is 15.9 Å². The molecule has 0 saturated carbocycles. The Morgan fingerprint density at radius 1 is 1.16 bits per heavy atom. The van der Waals surface area contributed by atoms with E-state index in [1.807, 2.05) is 0 Å². The van der Waals surface area contributed by atoms with E-state index in [1.165, 1.54) is 6.20 Å². The number of aryl methyl sites for hydroxylation is 1. The lowest BCUT2D eigenvalue weighted by Crippen LogP contribution is -2.12. The summed E-state index contributed by atoms with van der Waals surface area (Å²) >= 11 is 6.17. The third kappa shape index (κ3) is 5.58. The molecule has 31 heavy (non-hydrogen) atoms. The highest BCUT2D eigenvalue weighted by Crippen LogP contribution is 2.32. The molecular weight excluding hydrogens is 449 g/mol. The molecule has 0 atom stereocenters. The van der Waals surface area contributed by atoms with Crippen LogP contribution >= 0.6 is 11.6 Å². The number of rotatable bonds is 7. The molecule has 3 aromatic rings. The van der Waals surface area contributed by atoms with E-state index >= 15 is 0 Å². The van der Waals surface area contributed by atoms with Crippen molar-refractivity contribution in [3.8, 4) is 0 Å². The van der Waals surface area contributed by atoms with E-state index < -0.39 is 21.8 Å². The second-order valence-corrected chi connectivity index (χ2v) is 8.67. The summed E-state index contributed by atoms with van der Waals surface area (Å²) in [6, 6.07) is 8.32. The third-order valence-electron chi connectivity index (χ3n) is 4.02. The molecule has 0 aliphatic rings. The molecule has 0 radical (unpaired) electrons. The van der Waals surface area contributed by atoms with E-state index in [-0.39, 0.29) is 28.0 Å². The zero-order valence-electron chi connectivity index (χ0n) is 16.3. The highest BCUT2D eigenvalue weighted by Gasteiger charge is 2.15. The van der Waals surface area contributed by atoms with Crippen molar-refractivity contribution in [1.29, 1.82) is 0 Å². The van der Waals surface area contributed by atoms with Crippen LogP contribution in [0.15, 0.2) is 42.6 Å². The van der Waals surface area contributed by atoms with Gasteiger partial charge < -0.3 is 15.7 Å². The van der Waals surface area contributed by atoms with Crippen LogP contribution in [-0.2, 0) is 10.0 Å². The van der Waals surface area contributed by atoms with Crippen LogP contribution in [0.5, 0.6) is 0 Å². The van der Waals surface area contributed by atoms with Crippen molar-refractivity contribution in [1.82, 2.24) is 9.97 Å². The normalized spacial score (nSPS) is 11.1. The molecule has 0 fully saturated rings. The van der Waals surface area contributed by atoms with Crippen molar-refractivity contribution in [2.75, 3.05) is 21.6 Å². The Morgan fingerprint density at radius 3 is 2.58 bits per heavy atom. The number of carbonyl (C=O) groups is 1. The van der Waals surface area contributed by atoms with Gasteiger partial charge in [0.15, 0.2) is 5.82 Å². The fraction of sp³-hybridized carbons (Fsp3) is 0.105. The largest absolute Gasteiger partial charge is 0.478 e. The lowest BCUT2D eigenvalue weighted by molar-refractivity contribution is 0.0697. The molecule has 0 bridgehead atoms. The predicted molar refractivity (Wildman–Crippen MR) is 117 cm³/mol. The number of aromatic nitrogens is 2. The van der Waals surface area contributed by atoms with Gasteiger partial charge in [0, 0.05) is 0 Å². The number of anilines is 5. The maximum Gasteiger partial charge on any atom is 0.335 e. The molecule has 0 amide bonds. The minimum absolute atomic E-state index is 0.0568. The van der Waals surface area contributed by atoms with Crippen molar-refractivity contribution in [2.45, 2.75) is 6.92 Å². The molecule has 1 heterocycles. The maximum absolute atomic E-state index is 14.1. The fourth-order valence-electron chi connectivity index (χ4n) is 2.61. The Hall–Kier alpha value is -3.44. The van der Waals surface area contributed by atoms with Crippen LogP contribution in [0.25, 0.3) is 0 Å². The molecular formula is C19H17ClFN5O4S. The third-order valence-corrected chi connectivity index (χ3v) is 4.87. The van der Waals surface area contributed by atoms with Crippen LogP contribution in [0, 0.1) is 12.7 Å². The number of hydrogen-bond donors (Lipinski definition) is 4. The highest BCUT2D eigenvalue weighted by atomic mass is 35.5. The molecule has 4 N–H and O–H groups in total. The molecule has 9 nitrogen and oxygen atoms in total. The Balaban J connectivity index is 1.94. The molecule has 3 rings (SSSR count). The van der Waals surface area contributed by atoms with Gasteiger partial charge in [0.05, 0.1) is 35.1 Å². The minimum Gasteiger partial charge on any atom is -0.478 e. The smallest absolute Gasteiger partial charge is 0.335 e. The van der Waals surface area contributed by atoms with Crippen molar-refractivity contribution in [3.63, 3.8) is 0 Å². The van der Waals surface area contributed by atoms with Crippen molar-refractivity contribution in [2.24, 2.45) is 0 Å². The first-order valence-electron chi connectivity index (χ1n) is 8.70. The average molecular weight is 466 g/mol. The van der Waals surface area contributed by atoms with Gasteiger partial charge in [-0.3, -0.25) is 4.72 Å². The molecule has 0 aliphatic heterocycles. The molecule has 0 spiro atoms. The fourth-order valence-corrected chi connectivity index (χ4v) is 3.39. The Kier molecular flexibility index (Phi) is 6.27. The lowest BCUT2D eigenvalue weighted by Gasteiger charge is -2.16. The molecule has 162 valence electrons. The van der Waals surface area contributed by atoms with E-state index in [0.29, 0.717) is 16.9 Å². The summed E-state index contributed by atoms with van der Waals surface area (Å²) in [6.45, 7) is 1.73. The molecule has 0 aliphatic carbocycles. The van der Waals surface area contributed by atoms with Crippen molar-refractivity contribution in [3.05, 3.63) is 64.6 Å². The van der Waals surface area contributed by atoms with E-state index in [1.54, 1.807) is 25.1 Å².